The number of aryl methyl sites for hydroxylation is 1. The molecule has 2 unspecified atom stereocenters. The van der Waals surface area contributed by atoms with Gasteiger partial charge in [-0.3, -0.25) is 18.8 Å². The van der Waals surface area contributed by atoms with Gasteiger partial charge in [0.2, 0.25) is 11.4 Å². The highest BCUT2D eigenvalue weighted by Gasteiger charge is 2.42. The normalized spacial score (nSPS) is 20.2. The van der Waals surface area contributed by atoms with E-state index in [2.05, 4.69) is 38.3 Å². The second-order valence-electron chi connectivity index (χ2n) is 11.9. The van der Waals surface area contributed by atoms with Crippen LogP contribution in [0.2, 0.25) is 0 Å². The van der Waals surface area contributed by atoms with Gasteiger partial charge in [0.15, 0.2) is 46.0 Å². The first-order valence-electron chi connectivity index (χ1n) is 15.4. The topological polar surface area (TPSA) is 385 Å². The van der Waals surface area contributed by atoms with E-state index < -0.39 is 88.8 Å². The quantitative estimate of drug-likeness (QED) is 0.0335. The van der Waals surface area contributed by atoms with Crippen LogP contribution in [-0.4, -0.2) is 119 Å². The Morgan fingerprint density at radius 3 is 2.44 bits per heavy atom. The summed E-state index contributed by atoms with van der Waals surface area (Å²) in [5, 5.41) is 63.7. The monoisotopic (exact) mass is 800 g/mol. The fourth-order valence-electron chi connectivity index (χ4n) is 5.42. The number of aromatic hydroxyl groups is 1. The summed E-state index contributed by atoms with van der Waals surface area (Å²) in [5.41, 5.74) is 4.45. The van der Waals surface area contributed by atoms with Gasteiger partial charge in [-0.2, -0.15) is 9.29 Å². The number of fused-ring (bicyclic) bond motifs is 3. The number of aliphatic hydroxyl groups excluding tert-OH is 5. The molecule has 0 fully saturated rings. The summed E-state index contributed by atoms with van der Waals surface area (Å²) in [6.45, 7) is 0.279. The molecule has 0 bridgehead atoms. The Morgan fingerprint density at radius 1 is 1.02 bits per heavy atom. The molecule has 290 valence electrons. The van der Waals surface area contributed by atoms with Gasteiger partial charge in [-0.1, -0.05) is 0 Å². The minimum atomic E-state index is -5.58. The van der Waals surface area contributed by atoms with Gasteiger partial charge in [-0.15, -0.1) is 0 Å². The second kappa shape index (κ2) is 14.4. The third kappa shape index (κ3) is 7.42. The number of nitrogens with zero attached hydrogens (tertiary/aromatic N) is 6. The summed E-state index contributed by atoms with van der Waals surface area (Å²) in [6.07, 6.45) is -7.47. The first-order chi connectivity index (χ1) is 25.3. The van der Waals surface area contributed by atoms with Crippen molar-refractivity contribution in [2.24, 2.45) is 0 Å². The maximum atomic E-state index is 12.6. The van der Waals surface area contributed by atoms with Crippen LogP contribution in [0.4, 0.5) is 5.82 Å². The molecule has 12 N–H and O–H groups in total. The number of phenols is 1. The van der Waals surface area contributed by atoms with Gasteiger partial charge < -0.3 is 50.9 Å². The number of aromatic nitrogens is 8. The number of aromatic amines is 2. The van der Waals surface area contributed by atoms with Crippen molar-refractivity contribution in [3.8, 4) is 5.75 Å². The minimum Gasteiger partial charge on any atom is -0.505 e. The molecular formula is C27H32N9O16P2+. The van der Waals surface area contributed by atoms with E-state index in [1.807, 2.05) is 4.98 Å². The van der Waals surface area contributed by atoms with Crippen LogP contribution in [0.1, 0.15) is 11.1 Å². The molecule has 1 aliphatic heterocycles. The Labute approximate surface area is 299 Å². The third-order valence-corrected chi connectivity index (χ3v) is 10.9. The largest absolute Gasteiger partial charge is 0.505 e. The van der Waals surface area contributed by atoms with Crippen LogP contribution in [0.15, 0.2) is 34.1 Å². The predicted octanol–water partition coefficient (Wildman–Crippen LogP) is -2.43. The summed E-state index contributed by atoms with van der Waals surface area (Å²) in [5.74, 6) is -1.46. The van der Waals surface area contributed by atoms with Gasteiger partial charge in [-0.25, -0.2) is 43.0 Å². The van der Waals surface area contributed by atoms with E-state index in [1.165, 1.54) is 6.07 Å². The van der Waals surface area contributed by atoms with Gasteiger partial charge in [0.1, 0.15) is 43.3 Å². The molecule has 0 amide bonds. The average Bonchev–Trinajstić information content (AvgIpc) is 3.65. The number of anilines is 1. The Balaban J connectivity index is 1.09. The molecular weight excluding hydrogens is 768 g/mol. The Morgan fingerprint density at radius 2 is 1.72 bits per heavy atom. The predicted molar refractivity (Wildman–Crippen MR) is 179 cm³/mol. The minimum absolute atomic E-state index is 0.000366. The average molecular weight is 801 g/mol. The van der Waals surface area contributed by atoms with Crippen molar-refractivity contribution in [2.75, 3.05) is 18.9 Å². The standard InChI is InChI=1S/C27H31N9O16P2/c1-9-3-11-15(18(39)10(9)2)32-17-24(33-27(44)34-25(17)43)35(11)4-12(37)19(40)13(38)5-49-53(45,46)52-54(47,48)50-6-14-20(41)21(42)26(51-14)36-8-31-16-22(28)29-7-30-23(16)36/h3,7-8,12-14,19-20,37-38,40-41H,4-6H2,1-2H3,(H7,28,29,30,33,34,39,42,43,44,45,46,47,48)/p+1/t12-,13+,14+,19-,20+/m0/s1. The summed E-state index contributed by atoms with van der Waals surface area (Å²) >= 11 is 0. The van der Waals surface area contributed by atoms with Crippen LogP contribution in [0.25, 0.3) is 39.2 Å². The number of phosphoric acid groups is 2. The highest BCUT2D eigenvalue weighted by Crippen LogP contribution is 2.60. The van der Waals surface area contributed by atoms with Crippen LogP contribution in [0, 0.1) is 13.8 Å². The first kappa shape index (κ1) is 38.8. The van der Waals surface area contributed by atoms with Crippen molar-refractivity contribution in [3.63, 3.8) is 0 Å². The molecule has 6 rings (SSSR count). The van der Waals surface area contributed by atoms with Gasteiger partial charge in [0.05, 0.1) is 13.2 Å². The maximum absolute atomic E-state index is 12.6. The molecule has 0 saturated heterocycles. The summed E-state index contributed by atoms with van der Waals surface area (Å²) in [7, 11) is -11.1. The van der Waals surface area contributed by atoms with Gasteiger partial charge >= 0.3 is 27.0 Å². The molecule has 5 aromatic rings. The van der Waals surface area contributed by atoms with E-state index in [4.69, 9.17) is 10.5 Å². The number of H-pyrrole nitrogens is 2. The number of nitrogens with one attached hydrogen (secondary N) is 2. The number of benzene rings is 1. The number of aliphatic hydroxyl groups is 5. The van der Waals surface area contributed by atoms with E-state index in [-0.39, 0.29) is 44.9 Å². The Bertz CT molecular complexity index is 2540. The lowest BCUT2D eigenvalue weighted by molar-refractivity contribution is -0.657. The molecule has 4 aromatic heterocycles. The molecule has 7 atom stereocenters. The molecule has 0 saturated carbocycles. The maximum Gasteiger partial charge on any atom is 0.481 e. The Hall–Kier alpha value is -4.91. The van der Waals surface area contributed by atoms with Crippen molar-refractivity contribution in [2.45, 2.75) is 50.9 Å². The van der Waals surface area contributed by atoms with Crippen molar-refractivity contribution >= 4 is 60.7 Å². The van der Waals surface area contributed by atoms with Crippen molar-refractivity contribution in [1.82, 2.24) is 34.5 Å². The fraction of sp³-hybridized carbons (Fsp3) is 0.370. The molecule has 5 heterocycles. The molecule has 54 heavy (non-hydrogen) atoms. The molecule has 0 radical (unpaired) electrons. The number of imidazole rings is 1. The fourth-order valence-corrected chi connectivity index (χ4v) is 7.51. The highest BCUT2D eigenvalue weighted by molar-refractivity contribution is 7.61. The lowest BCUT2D eigenvalue weighted by Crippen LogP contribution is -2.51. The molecule has 1 aromatic carbocycles. The van der Waals surface area contributed by atoms with Crippen molar-refractivity contribution in [3.05, 3.63) is 56.4 Å². The number of hydrogen-bond acceptors (Lipinski definition) is 19. The number of phenolic OH excluding ortho intramolecular Hbond substituents is 1. The van der Waals surface area contributed by atoms with Crippen LogP contribution < -0.4 is 21.5 Å². The SMILES string of the molecule is Cc1cc2c(nc3c(=O)[nH]c(=O)[nH]c3[n+]2C[C@H](O)[C@H](O)[C@H](O)COP(=O)(O)OP(=O)(O)OC[C@H]2OC(n3cnc4c(N)ncnc43)=C(O)[C@@H]2O)c(O)c1C. The number of phosphoric ester groups is 2. The zero-order chi connectivity index (χ0) is 39.4. The molecule has 25 nitrogen and oxygen atoms in total. The highest BCUT2D eigenvalue weighted by atomic mass is 31.3. The van der Waals surface area contributed by atoms with Crippen LogP contribution in [0.5, 0.6) is 5.75 Å². The number of rotatable bonds is 13. The van der Waals surface area contributed by atoms with Crippen LogP contribution in [-0.2, 0) is 33.8 Å². The van der Waals surface area contributed by atoms with E-state index in [9.17, 15) is 59.1 Å². The molecule has 27 heteroatoms. The van der Waals surface area contributed by atoms with Crippen LogP contribution in [0.3, 0.4) is 0 Å². The number of ether oxygens (including phenoxy) is 1. The van der Waals surface area contributed by atoms with Crippen molar-refractivity contribution in [1.29, 1.82) is 0 Å². The van der Waals surface area contributed by atoms with Gasteiger partial charge in [-0.05, 0) is 31.0 Å². The van der Waals surface area contributed by atoms with Crippen molar-refractivity contribution < 1.29 is 72.2 Å². The zero-order valence-corrected chi connectivity index (χ0v) is 29.5. The van der Waals surface area contributed by atoms with E-state index >= 15 is 0 Å². The third-order valence-electron chi connectivity index (χ3n) is 8.32. The summed E-state index contributed by atoms with van der Waals surface area (Å²) < 4.78 is 46.2. The van der Waals surface area contributed by atoms with E-state index in [0.29, 0.717) is 11.1 Å². The first-order valence-corrected chi connectivity index (χ1v) is 18.4. The molecule has 1 aliphatic rings. The Kier molecular flexibility index (Phi) is 10.3. The van der Waals surface area contributed by atoms with Gasteiger partial charge in [0, 0.05) is 0 Å². The number of nitrogen functional groups attached to an aromatic ring is 1. The molecule has 0 aliphatic carbocycles. The number of nitrogens with two attached hydrogens (primary N) is 1. The van der Waals surface area contributed by atoms with E-state index in [0.717, 1.165) is 21.8 Å². The second-order valence-corrected chi connectivity index (χ2v) is 15.0. The summed E-state index contributed by atoms with van der Waals surface area (Å²) in [6, 6.07) is 1.52. The smallest absolute Gasteiger partial charge is 0.481 e. The summed E-state index contributed by atoms with van der Waals surface area (Å²) in [4.78, 5) is 65.1. The molecule has 0 spiro atoms. The van der Waals surface area contributed by atoms with E-state index in [1.54, 1.807) is 13.8 Å². The lowest BCUT2D eigenvalue weighted by atomic mass is 10.1. The number of hydrogen-bond donors (Lipinski definition) is 11. The lowest BCUT2D eigenvalue weighted by Gasteiger charge is -2.24. The zero-order valence-electron chi connectivity index (χ0n) is 27.7. The van der Waals surface area contributed by atoms with Crippen LogP contribution >= 0.6 is 15.6 Å². The van der Waals surface area contributed by atoms with Gasteiger partial charge in [0.25, 0.3) is 5.56 Å².